The van der Waals surface area contributed by atoms with E-state index in [0.717, 1.165) is 42.3 Å². The van der Waals surface area contributed by atoms with Crippen LogP contribution in [0.1, 0.15) is 49.9 Å². The molecule has 0 spiro atoms. The maximum Gasteiger partial charge on any atom is 0.112 e. The summed E-state index contributed by atoms with van der Waals surface area (Å²) in [5, 5.41) is 9.06. The molecule has 1 saturated heterocycles. The Hall–Kier alpha value is -2.64. The van der Waals surface area contributed by atoms with Crippen LogP contribution < -0.4 is 0 Å². The monoisotopic (exact) mass is 400 g/mol. The van der Waals surface area contributed by atoms with Crippen LogP contribution in [-0.4, -0.2) is 34.1 Å². The van der Waals surface area contributed by atoms with E-state index in [2.05, 4.69) is 71.0 Å². The molecule has 2 heterocycles. The van der Waals surface area contributed by atoms with E-state index in [-0.39, 0.29) is 0 Å². The van der Waals surface area contributed by atoms with Crippen molar-refractivity contribution in [3.05, 3.63) is 66.0 Å². The lowest BCUT2D eigenvalue weighted by Gasteiger charge is -2.32. The lowest BCUT2D eigenvalue weighted by molar-refractivity contribution is 0.179. The highest BCUT2D eigenvalue weighted by molar-refractivity contribution is 5.76. The van der Waals surface area contributed by atoms with Crippen molar-refractivity contribution in [2.45, 2.75) is 51.5 Å². The molecule has 30 heavy (non-hydrogen) atoms. The molecule has 1 aliphatic heterocycles. The standard InChI is InChI=1S/C26H32N4/c1-21(26-28-24-10-5-6-11-25(24)30(26)16-7-15-27)12-17-29-18-13-23(14-19-29)20-22-8-3-2-4-9-22/h2-6,8-11,21,23H,7,12-14,16-20H2,1H3. The average Bonchev–Trinajstić information content (AvgIpc) is 3.16. The topological polar surface area (TPSA) is 44.9 Å². The molecule has 0 amide bonds. The Morgan fingerprint density at radius 3 is 2.53 bits per heavy atom. The number of benzene rings is 2. The Morgan fingerprint density at radius 1 is 1.03 bits per heavy atom. The second-order valence-electron chi connectivity index (χ2n) is 8.68. The Balaban J connectivity index is 1.32. The van der Waals surface area contributed by atoms with Crippen LogP contribution in [0, 0.1) is 17.2 Å². The molecule has 2 aromatic carbocycles. The van der Waals surface area contributed by atoms with Gasteiger partial charge < -0.3 is 9.47 Å². The molecule has 4 heteroatoms. The normalized spacial score (nSPS) is 16.5. The zero-order valence-corrected chi connectivity index (χ0v) is 18.0. The minimum absolute atomic E-state index is 0.387. The van der Waals surface area contributed by atoms with E-state index >= 15 is 0 Å². The second-order valence-corrected chi connectivity index (χ2v) is 8.68. The predicted molar refractivity (Wildman–Crippen MR) is 122 cm³/mol. The number of hydrogen-bond acceptors (Lipinski definition) is 3. The van der Waals surface area contributed by atoms with Gasteiger partial charge in [0.1, 0.15) is 5.82 Å². The SMILES string of the molecule is CC(CCN1CCC(Cc2ccccc2)CC1)c1nc2ccccc2n1CCC#N. The molecule has 1 fully saturated rings. The van der Waals surface area contributed by atoms with Crippen LogP contribution in [0.3, 0.4) is 0 Å². The van der Waals surface area contributed by atoms with Gasteiger partial charge in [-0.1, -0.05) is 49.4 Å². The van der Waals surface area contributed by atoms with Gasteiger partial charge >= 0.3 is 0 Å². The summed E-state index contributed by atoms with van der Waals surface area (Å²) in [6.07, 6.45) is 5.44. The first-order valence-electron chi connectivity index (χ1n) is 11.3. The minimum Gasteiger partial charge on any atom is -0.327 e. The molecule has 0 aliphatic carbocycles. The van der Waals surface area contributed by atoms with Crippen LogP contribution in [0.15, 0.2) is 54.6 Å². The van der Waals surface area contributed by atoms with Crippen molar-refractivity contribution in [2.75, 3.05) is 19.6 Å². The molecule has 1 atom stereocenters. The average molecular weight is 401 g/mol. The first kappa shape index (κ1) is 20.6. The predicted octanol–water partition coefficient (Wildman–Crippen LogP) is 5.40. The van der Waals surface area contributed by atoms with Crippen molar-refractivity contribution in [3.8, 4) is 6.07 Å². The number of para-hydroxylation sites is 2. The summed E-state index contributed by atoms with van der Waals surface area (Å²) >= 11 is 0. The van der Waals surface area contributed by atoms with Crippen LogP contribution in [0.2, 0.25) is 0 Å². The van der Waals surface area contributed by atoms with Crippen molar-refractivity contribution in [1.82, 2.24) is 14.5 Å². The Morgan fingerprint density at radius 2 is 1.77 bits per heavy atom. The van der Waals surface area contributed by atoms with E-state index < -0.39 is 0 Å². The number of hydrogen-bond donors (Lipinski definition) is 0. The molecule has 1 aromatic heterocycles. The number of rotatable bonds is 8. The van der Waals surface area contributed by atoms with E-state index in [1.165, 1.54) is 37.9 Å². The van der Waals surface area contributed by atoms with Crippen LogP contribution >= 0.6 is 0 Å². The highest BCUT2D eigenvalue weighted by Crippen LogP contribution is 2.26. The minimum atomic E-state index is 0.387. The third-order valence-corrected chi connectivity index (χ3v) is 6.52. The van der Waals surface area contributed by atoms with E-state index in [1.807, 2.05) is 6.07 Å². The maximum atomic E-state index is 9.06. The highest BCUT2D eigenvalue weighted by atomic mass is 15.1. The summed E-state index contributed by atoms with van der Waals surface area (Å²) in [5.41, 5.74) is 3.66. The summed E-state index contributed by atoms with van der Waals surface area (Å²) in [5.74, 6) is 2.33. The van der Waals surface area contributed by atoms with Crippen molar-refractivity contribution < 1.29 is 0 Å². The Labute approximate surface area is 180 Å². The zero-order chi connectivity index (χ0) is 20.8. The lowest BCUT2D eigenvalue weighted by atomic mass is 9.90. The fourth-order valence-electron chi connectivity index (χ4n) is 4.73. The van der Waals surface area contributed by atoms with Crippen molar-refractivity contribution in [2.24, 2.45) is 5.92 Å². The van der Waals surface area contributed by atoms with Gasteiger partial charge in [-0.3, -0.25) is 0 Å². The van der Waals surface area contributed by atoms with Crippen LogP contribution in [0.4, 0.5) is 0 Å². The van der Waals surface area contributed by atoms with Gasteiger partial charge in [0.25, 0.3) is 0 Å². The summed E-state index contributed by atoms with van der Waals surface area (Å²) in [6, 6.07) is 21.5. The molecular weight excluding hydrogens is 368 g/mol. The van der Waals surface area contributed by atoms with Gasteiger partial charge in [-0.15, -0.1) is 0 Å². The second kappa shape index (κ2) is 9.91. The van der Waals surface area contributed by atoms with Crippen LogP contribution in [0.25, 0.3) is 11.0 Å². The summed E-state index contributed by atoms with van der Waals surface area (Å²) in [6.45, 7) is 6.54. The van der Waals surface area contributed by atoms with Gasteiger partial charge in [0, 0.05) is 12.5 Å². The summed E-state index contributed by atoms with van der Waals surface area (Å²) < 4.78 is 2.26. The number of nitriles is 1. The van der Waals surface area contributed by atoms with Crippen molar-refractivity contribution >= 4 is 11.0 Å². The molecule has 4 nitrogen and oxygen atoms in total. The van der Waals surface area contributed by atoms with Gasteiger partial charge in [-0.25, -0.2) is 4.98 Å². The molecule has 1 unspecified atom stereocenters. The van der Waals surface area contributed by atoms with Gasteiger partial charge in [-0.05, 0) is 68.9 Å². The molecule has 0 saturated carbocycles. The van der Waals surface area contributed by atoms with Gasteiger partial charge in [0.05, 0.1) is 23.5 Å². The van der Waals surface area contributed by atoms with Crippen LogP contribution in [-0.2, 0) is 13.0 Å². The van der Waals surface area contributed by atoms with Crippen molar-refractivity contribution in [1.29, 1.82) is 5.26 Å². The Kier molecular flexibility index (Phi) is 6.81. The number of aromatic nitrogens is 2. The number of likely N-dealkylation sites (tertiary alicyclic amines) is 1. The smallest absolute Gasteiger partial charge is 0.112 e. The van der Waals surface area contributed by atoms with Gasteiger partial charge in [0.15, 0.2) is 0 Å². The van der Waals surface area contributed by atoms with E-state index in [4.69, 9.17) is 10.2 Å². The van der Waals surface area contributed by atoms with Gasteiger partial charge in [0.2, 0.25) is 0 Å². The molecule has 4 rings (SSSR count). The fraction of sp³-hybridized carbons (Fsp3) is 0.462. The molecule has 1 aliphatic rings. The van der Waals surface area contributed by atoms with E-state index in [1.54, 1.807) is 0 Å². The number of piperidine rings is 1. The zero-order valence-electron chi connectivity index (χ0n) is 18.0. The summed E-state index contributed by atoms with van der Waals surface area (Å²) in [7, 11) is 0. The largest absolute Gasteiger partial charge is 0.327 e. The lowest BCUT2D eigenvalue weighted by Crippen LogP contribution is -2.35. The molecule has 3 aromatic rings. The highest BCUT2D eigenvalue weighted by Gasteiger charge is 2.21. The van der Waals surface area contributed by atoms with Gasteiger partial charge in [-0.2, -0.15) is 5.26 Å². The van der Waals surface area contributed by atoms with E-state index in [0.29, 0.717) is 12.3 Å². The quantitative estimate of drug-likeness (QED) is 0.509. The molecular formula is C26H32N4. The fourth-order valence-corrected chi connectivity index (χ4v) is 4.73. The first-order chi connectivity index (χ1) is 14.7. The first-order valence-corrected chi connectivity index (χ1v) is 11.3. The molecule has 0 radical (unpaired) electrons. The number of fused-ring (bicyclic) bond motifs is 1. The van der Waals surface area contributed by atoms with Crippen LogP contribution in [0.5, 0.6) is 0 Å². The number of nitrogens with zero attached hydrogens (tertiary/aromatic N) is 4. The third-order valence-electron chi connectivity index (χ3n) is 6.52. The summed E-state index contributed by atoms with van der Waals surface area (Å²) in [4.78, 5) is 7.55. The molecule has 156 valence electrons. The van der Waals surface area contributed by atoms with Crippen molar-refractivity contribution in [3.63, 3.8) is 0 Å². The number of aryl methyl sites for hydroxylation is 1. The molecule has 0 bridgehead atoms. The third kappa shape index (κ3) is 4.91. The Bertz CT molecular complexity index is 977. The molecule has 0 N–H and O–H groups in total. The number of imidazole rings is 1. The van der Waals surface area contributed by atoms with E-state index in [9.17, 15) is 0 Å². The maximum absolute atomic E-state index is 9.06.